The number of nitrogens with one attached hydrogen (secondary N) is 1. The second kappa shape index (κ2) is 5.78. The Bertz CT molecular complexity index is 685. The van der Waals surface area contributed by atoms with Crippen LogP contribution >= 0.6 is 0 Å². The van der Waals surface area contributed by atoms with Crippen LogP contribution in [0.3, 0.4) is 0 Å². The first-order chi connectivity index (χ1) is 9.55. The number of carbonyl (C=O) groups is 1. The number of hydrogen-bond donors (Lipinski definition) is 2. The van der Waals surface area contributed by atoms with Gasteiger partial charge in [0.1, 0.15) is 5.54 Å². The average Bonchev–Trinajstić information content (AvgIpc) is 2.37. The highest BCUT2D eigenvalue weighted by Gasteiger charge is 2.37. The topological polar surface area (TPSA) is 127 Å². The minimum atomic E-state index is -4.20. The van der Waals surface area contributed by atoms with E-state index in [4.69, 9.17) is 5.11 Å². The van der Waals surface area contributed by atoms with Crippen molar-refractivity contribution in [3.05, 3.63) is 33.9 Å². The maximum Gasteiger partial charge on any atom is 0.324 e. The van der Waals surface area contributed by atoms with Crippen LogP contribution in [0.5, 0.6) is 0 Å². The minimum absolute atomic E-state index is 0.0234. The Morgan fingerprint density at radius 2 is 2.05 bits per heavy atom. The van der Waals surface area contributed by atoms with Gasteiger partial charge in [-0.2, -0.15) is 4.72 Å². The van der Waals surface area contributed by atoms with Crippen molar-refractivity contribution in [2.24, 2.45) is 0 Å². The van der Waals surface area contributed by atoms with Gasteiger partial charge in [0, 0.05) is 11.6 Å². The zero-order valence-corrected chi connectivity index (χ0v) is 12.6. The molecule has 0 aliphatic rings. The number of nitrogens with zero attached hydrogens (tertiary/aromatic N) is 1. The van der Waals surface area contributed by atoms with E-state index in [-0.39, 0.29) is 22.6 Å². The third-order valence-electron chi connectivity index (χ3n) is 3.28. The summed E-state index contributed by atoms with van der Waals surface area (Å²) in [7, 11) is -4.20. The SMILES string of the molecule is CCC(C)(NS(=O)(=O)c1cccc([N+](=O)[O-])c1C)C(=O)O. The fourth-order valence-corrected chi connectivity index (χ4v) is 3.41. The molecule has 1 rings (SSSR count). The van der Waals surface area contributed by atoms with Gasteiger partial charge < -0.3 is 5.11 Å². The maximum atomic E-state index is 12.3. The molecule has 0 heterocycles. The summed E-state index contributed by atoms with van der Waals surface area (Å²) in [5, 5.41) is 20.0. The molecular weight excluding hydrogens is 300 g/mol. The van der Waals surface area contributed by atoms with E-state index in [0.717, 1.165) is 0 Å². The molecule has 0 spiro atoms. The lowest BCUT2D eigenvalue weighted by Gasteiger charge is -2.24. The van der Waals surface area contributed by atoms with Crippen LogP contribution in [0.25, 0.3) is 0 Å². The molecule has 21 heavy (non-hydrogen) atoms. The lowest BCUT2D eigenvalue weighted by atomic mass is 10.0. The molecule has 0 saturated carbocycles. The maximum absolute atomic E-state index is 12.3. The largest absolute Gasteiger partial charge is 0.480 e. The van der Waals surface area contributed by atoms with Gasteiger partial charge in [0.2, 0.25) is 10.0 Å². The molecule has 1 aromatic rings. The molecule has 0 aromatic heterocycles. The quantitative estimate of drug-likeness (QED) is 0.604. The summed E-state index contributed by atoms with van der Waals surface area (Å²) >= 11 is 0. The highest BCUT2D eigenvalue weighted by molar-refractivity contribution is 7.89. The molecule has 9 heteroatoms. The van der Waals surface area contributed by atoms with Crippen LogP contribution in [0, 0.1) is 17.0 Å². The van der Waals surface area contributed by atoms with E-state index in [1.165, 1.54) is 39.0 Å². The van der Waals surface area contributed by atoms with Crippen molar-refractivity contribution in [1.82, 2.24) is 4.72 Å². The van der Waals surface area contributed by atoms with E-state index in [1.807, 2.05) is 0 Å². The highest BCUT2D eigenvalue weighted by atomic mass is 32.2. The number of benzene rings is 1. The third kappa shape index (κ3) is 3.37. The number of rotatable bonds is 6. The molecule has 2 N–H and O–H groups in total. The number of hydrogen-bond acceptors (Lipinski definition) is 5. The Hall–Kier alpha value is -2.00. The van der Waals surface area contributed by atoms with E-state index >= 15 is 0 Å². The molecule has 116 valence electrons. The zero-order chi connectivity index (χ0) is 16.4. The van der Waals surface area contributed by atoms with Crippen molar-refractivity contribution in [2.75, 3.05) is 0 Å². The highest BCUT2D eigenvalue weighted by Crippen LogP contribution is 2.26. The fraction of sp³-hybridized carbons (Fsp3) is 0.417. The first-order valence-corrected chi connectivity index (χ1v) is 7.55. The molecule has 0 bridgehead atoms. The van der Waals surface area contributed by atoms with Gasteiger partial charge in [0.15, 0.2) is 0 Å². The second-order valence-corrected chi connectivity index (χ2v) is 6.40. The Labute approximate surface area is 122 Å². The van der Waals surface area contributed by atoms with Crippen molar-refractivity contribution in [3.8, 4) is 0 Å². The Kier molecular flexibility index (Phi) is 4.69. The predicted octanol–water partition coefficient (Wildman–Crippen LogP) is 1.43. The molecule has 0 aliphatic carbocycles. The van der Waals surface area contributed by atoms with Gasteiger partial charge >= 0.3 is 5.97 Å². The number of carboxylic acid groups (broad SMARTS) is 1. The van der Waals surface area contributed by atoms with Crippen LogP contribution in [0.15, 0.2) is 23.1 Å². The fourth-order valence-electron chi connectivity index (χ4n) is 1.71. The average molecular weight is 316 g/mol. The lowest BCUT2D eigenvalue weighted by Crippen LogP contribution is -2.51. The van der Waals surface area contributed by atoms with E-state index in [2.05, 4.69) is 4.72 Å². The minimum Gasteiger partial charge on any atom is -0.480 e. The summed E-state index contributed by atoms with van der Waals surface area (Å²) in [6.45, 7) is 4.06. The van der Waals surface area contributed by atoms with E-state index in [0.29, 0.717) is 0 Å². The van der Waals surface area contributed by atoms with Gasteiger partial charge in [0.25, 0.3) is 5.69 Å². The van der Waals surface area contributed by atoms with E-state index in [9.17, 15) is 23.3 Å². The van der Waals surface area contributed by atoms with Crippen molar-refractivity contribution >= 4 is 21.7 Å². The van der Waals surface area contributed by atoms with Gasteiger partial charge in [0.05, 0.1) is 9.82 Å². The molecule has 1 atom stereocenters. The third-order valence-corrected chi connectivity index (χ3v) is 5.02. The summed E-state index contributed by atoms with van der Waals surface area (Å²) in [6, 6.07) is 3.62. The molecular formula is C12H16N2O6S. The number of sulfonamides is 1. The lowest BCUT2D eigenvalue weighted by molar-refractivity contribution is -0.385. The Morgan fingerprint density at radius 3 is 2.48 bits per heavy atom. The molecule has 1 aromatic carbocycles. The summed E-state index contributed by atoms with van der Waals surface area (Å²) in [5.74, 6) is -1.32. The number of aliphatic carboxylic acids is 1. The first kappa shape index (κ1) is 17.1. The van der Waals surface area contributed by atoms with Crippen LogP contribution in [0.2, 0.25) is 0 Å². The normalized spacial score (nSPS) is 14.4. The van der Waals surface area contributed by atoms with E-state index < -0.39 is 26.5 Å². The molecule has 0 radical (unpaired) electrons. The zero-order valence-electron chi connectivity index (χ0n) is 11.8. The van der Waals surface area contributed by atoms with Crippen LogP contribution < -0.4 is 4.72 Å². The van der Waals surface area contributed by atoms with Crippen molar-refractivity contribution < 1.29 is 23.2 Å². The second-order valence-electron chi connectivity index (χ2n) is 4.75. The first-order valence-electron chi connectivity index (χ1n) is 6.06. The predicted molar refractivity (Wildman–Crippen MR) is 74.5 cm³/mol. The van der Waals surface area contributed by atoms with Crippen LogP contribution in [-0.4, -0.2) is 30.0 Å². The number of nitro groups is 1. The standard InChI is InChI=1S/C12H16N2O6S/c1-4-12(3,11(15)16)13-21(19,20)10-7-5-6-9(8(10)2)14(17)18/h5-7,13H,4H2,1-3H3,(H,15,16). The van der Waals surface area contributed by atoms with Gasteiger partial charge in [-0.25, -0.2) is 8.42 Å². The van der Waals surface area contributed by atoms with Crippen LogP contribution in [0.4, 0.5) is 5.69 Å². The smallest absolute Gasteiger partial charge is 0.324 e. The molecule has 8 nitrogen and oxygen atoms in total. The monoisotopic (exact) mass is 316 g/mol. The summed E-state index contributed by atoms with van der Waals surface area (Å²) in [5.41, 5.74) is -2.07. The van der Waals surface area contributed by atoms with Gasteiger partial charge in [-0.3, -0.25) is 14.9 Å². The van der Waals surface area contributed by atoms with Crippen molar-refractivity contribution in [3.63, 3.8) is 0 Å². The summed E-state index contributed by atoms with van der Waals surface area (Å²) in [6.07, 6.45) is 0.0234. The van der Waals surface area contributed by atoms with Crippen LogP contribution in [-0.2, 0) is 14.8 Å². The molecule has 1 unspecified atom stereocenters. The number of nitro benzene ring substituents is 1. The van der Waals surface area contributed by atoms with Gasteiger partial charge in [-0.1, -0.05) is 13.0 Å². The van der Waals surface area contributed by atoms with Crippen molar-refractivity contribution in [1.29, 1.82) is 0 Å². The van der Waals surface area contributed by atoms with Gasteiger partial charge in [-0.05, 0) is 26.3 Å². The number of carboxylic acids is 1. The summed E-state index contributed by atoms with van der Waals surface area (Å²) < 4.78 is 26.7. The molecule has 0 saturated heterocycles. The van der Waals surface area contributed by atoms with Crippen LogP contribution in [0.1, 0.15) is 25.8 Å². The summed E-state index contributed by atoms with van der Waals surface area (Å²) in [4.78, 5) is 21.0. The molecule has 0 amide bonds. The molecule has 0 aliphatic heterocycles. The van der Waals surface area contributed by atoms with Crippen molar-refractivity contribution in [2.45, 2.75) is 37.6 Å². The van der Waals surface area contributed by atoms with E-state index in [1.54, 1.807) is 0 Å². The molecule has 0 fully saturated rings. The Balaban J connectivity index is 3.36. The Morgan fingerprint density at radius 1 is 1.48 bits per heavy atom. The van der Waals surface area contributed by atoms with Gasteiger partial charge in [-0.15, -0.1) is 0 Å².